The maximum absolute atomic E-state index is 5.47. The number of hydrogen-bond acceptors (Lipinski definition) is 5. The van der Waals surface area contributed by atoms with Gasteiger partial charge in [-0.05, 0) is 32.9 Å². The number of nitrogens with one attached hydrogen (secondary N) is 1. The Morgan fingerprint density at radius 1 is 1.30 bits per heavy atom. The number of rotatable bonds is 6. The molecule has 0 unspecified atom stereocenters. The minimum atomic E-state index is 0.344. The van der Waals surface area contributed by atoms with E-state index in [4.69, 9.17) is 4.74 Å². The molecule has 0 saturated heterocycles. The van der Waals surface area contributed by atoms with E-state index in [2.05, 4.69) is 21.5 Å². The van der Waals surface area contributed by atoms with Gasteiger partial charge in [0.25, 0.3) is 0 Å². The molecule has 1 fully saturated rings. The van der Waals surface area contributed by atoms with Crippen LogP contribution >= 0.6 is 11.8 Å². The molecule has 0 bridgehead atoms. The van der Waals surface area contributed by atoms with Gasteiger partial charge in [0.1, 0.15) is 0 Å². The molecule has 4 nitrogen and oxygen atoms in total. The molecule has 0 amide bonds. The van der Waals surface area contributed by atoms with Gasteiger partial charge in [-0.2, -0.15) is 16.7 Å². The van der Waals surface area contributed by atoms with Crippen molar-refractivity contribution in [3.8, 4) is 5.88 Å². The molecule has 0 aromatic carbocycles. The Labute approximate surface area is 126 Å². The first-order valence-electron chi connectivity index (χ1n) is 7.45. The van der Waals surface area contributed by atoms with Crippen LogP contribution in [-0.4, -0.2) is 34.1 Å². The van der Waals surface area contributed by atoms with Crippen molar-refractivity contribution in [3.63, 3.8) is 0 Å². The molecule has 0 spiro atoms. The van der Waals surface area contributed by atoms with Crippen LogP contribution in [0.2, 0.25) is 0 Å². The van der Waals surface area contributed by atoms with E-state index < -0.39 is 0 Å². The highest BCUT2D eigenvalue weighted by Gasteiger charge is 2.31. The Kier molecular flexibility index (Phi) is 5.52. The van der Waals surface area contributed by atoms with Gasteiger partial charge in [-0.25, -0.2) is 4.98 Å². The van der Waals surface area contributed by atoms with Crippen LogP contribution in [0, 0.1) is 6.92 Å². The molecule has 20 heavy (non-hydrogen) atoms. The van der Waals surface area contributed by atoms with Crippen LogP contribution in [0.3, 0.4) is 0 Å². The first-order valence-corrected chi connectivity index (χ1v) is 8.67. The van der Waals surface area contributed by atoms with Crippen LogP contribution < -0.4 is 10.1 Å². The summed E-state index contributed by atoms with van der Waals surface area (Å²) in [6.45, 7) is 5.50. The number of nitrogens with zero attached hydrogens (tertiary/aromatic N) is 2. The van der Waals surface area contributed by atoms with Gasteiger partial charge in [-0.3, -0.25) is 0 Å². The molecule has 1 aromatic heterocycles. The fourth-order valence-electron chi connectivity index (χ4n) is 2.73. The Bertz CT molecular complexity index is 433. The van der Waals surface area contributed by atoms with E-state index in [9.17, 15) is 0 Å². The van der Waals surface area contributed by atoms with E-state index in [1.165, 1.54) is 32.1 Å². The Morgan fingerprint density at radius 3 is 2.70 bits per heavy atom. The average Bonchev–Trinajstić information content (AvgIpc) is 2.46. The number of thioether (sulfide) groups is 1. The number of aromatic nitrogens is 2. The van der Waals surface area contributed by atoms with E-state index in [-0.39, 0.29) is 0 Å². The van der Waals surface area contributed by atoms with Gasteiger partial charge in [0.2, 0.25) is 11.8 Å². The number of aryl methyl sites for hydroxylation is 1. The molecule has 1 N–H and O–H groups in total. The van der Waals surface area contributed by atoms with E-state index in [1.807, 2.05) is 31.7 Å². The predicted octanol–water partition coefficient (Wildman–Crippen LogP) is 3.66. The molecular weight excluding hydrogens is 270 g/mol. The summed E-state index contributed by atoms with van der Waals surface area (Å²) in [5.74, 6) is 1.34. The highest BCUT2D eigenvalue weighted by Crippen LogP contribution is 2.38. The van der Waals surface area contributed by atoms with Crippen molar-refractivity contribution in [3.05, 3.63) is 11.8 Å². The third kappa shape index (κ3) is 4.01. The van der Waals surface area contributed by atoms with Crippen LogP contribution in [0.1, 0.15) is 44.7 Å². The van der Waals surface area contributed by atoms with Gasteiger partial charge in [-0.15, -0.1) is 0 Å². The zero-order valence-electron chi connectivity index (χ0n) is 12.7. The summed E-state index contributed by atoms with van der Waals surface area (Å²) in [6, 6.07) is 1.87. The minimum Gasteiger partial charge on any atom is -0.478 e. The molecule has 1 aromatic rings. The monoisotopic (exact) mass is 295 g/mol. The van der Waals surface area contributed by atoms with Crippen molar-refractivity contribution < 1.29 is 4.74 Å². The quantitative estimate of drug-likeness (QED) is 0.868. The summed E-state index contributed by atoms with van der Waals surface area (Å²) in [5.41, 5.74) is 0.938. The van der Waals surface area contributed by atoms with Gasteiger partial charge < -0.3 is 10.1 Å². The number of hydrogen-bond donors (Lipinski definition) is 1. The lowest BCUT2D eigenvalue weighted by Crippen LogP contribution is -2.36. The van der Waals surface area contributed by atoms with Gasteiger partial charge >= 0.3 is 0 Å². The number of ether oxygens (including phenoxy) is 1. The van der Waals surface area contributed by atoms with Crippen LogP contribution in [0.4, 0.5) is 5.95 Å². The van der Waals surface area contributed by atoms with Gasteiger partial charge in [0, 0.05) is 23.1 Å². The van der Waals surface area contributed by atoms with Crippen molar-refractivity contribution in [1.82, 2.24) is 9.97 Å². The molecule has 112 valence electrons. The van der Waals surface area contributed by atoms with Crippen molar-refractivity contribution >= 4 is 17.7 Å². The van der Waals surface area contributed by atoms with Crippen LogP contribution in [-0.2, 0) is 0 Å². The second kappa shape index (κ2) is 7.16. The SMILES string of the molecule is CCOc1cc(C)nc(NCC2(SC)CCCCC2)n1. The van der Waals surface area contributed by atoms with Gasteiger partial charge in [0.05, 0.1) is 6.61 Å². The second-order valence-corrected chi connectivity index (χ2v) is 6.68. The second-order valence-electron chi connectivity index (χ2n) is 5.41. The normalized spacial score (nSPS) is 17.8. The highest BCUT2D eigenvalue weighted by molar-refractivity contribution is 8.00. The fraction of sp³-hybridized carbons (Fsp3) is 0.733. The molecule has 0 aliphatic heterocycles. The molecule has 1 aliphatic rings. The van der Waals surface area contributed by atoms with Gasteiger partial charge in [-0.1, -0.05) is 19.3 Å². The minimum absolute atomic E-state index is 0.344. The molecule has 1 aliphatic carbocycles. The Hall–Kier alpha value is -0.970. The summed E-state index contributed by atoms with van der Waals surface area (Å²) in [6.07, 6.45) is 8.83. The lowest BCUT2D eigenvalue weighted by molar-refractivity contribution is 0.326. The summed E-state index contributed by atoms with van der Waals surface area (Å²) in [5, 5.41) is 3.42. The lowest BCUT2D eigenvalue weighted by Gasteiger charge is -2.35. The summed E-state index contributed by atoms with van der Waals surface area (Å²) in [4.78, 5) is 8.87. The third-order valence-electron chi connectivity index (χ3n) is 3.89. The largest absolute Gasteiger partial charge is 0.478 e. The van der Waals surface area contributed by atoms with Crippen LogP contribution in [0.15, 0.2) is 6.07 Å². The van der Waals surface area contributed by atoms with Crippen molar-refractivity contribution in [2.24, 2.45) is 0 Å². The lowest BCUT2D eigenvalue weighted by atomic mass is 9.88. The van der Waals surface area contributed by atoms with Gasteiger partial charge in [0.15, 0.2) is 0 Å². The van der Waals surface area contributed by atoms with Crippen LogP contribution in [0.25, 0.3) is 0 Å². The third-order valence-corrected chi connectivity index (χ3v) is 5.31. The topological polar surface area (TPSA) is 47.0 Å². The van der Waals surface area contributed by atoms with Crippen molar-refractivity contribution in [2.75, 3.05) is 24.7 Å². The predicted molar refractivity (Wildman–Crippen MR) is 85.8 cm³/mol. The average molecular weight is 295 g/mol. The molecule has 5 heteroatoms. The molecule has 0 radical (unpaired) electrons. The first kappa shape index (κ1) is 15.4. The molecule has 0 atom stereocenters. The zero-order chi connectivity index (χ0) is 14.4. The summed E-state index contributed by atoms with van der Waals surface area (Å²) in [7, 11) is 0. The van der Waals surface area contributed by atoms with Crippen molar-refractivity contribution in [1.29, 1.82) is 0 Å². The smallest absolute Gasteiger partial charge is 0.226 e. The molecule has 2 rings (SSSR count). The zero-order valence-corrected chi connectivity index (χ0v) is 13.6. The molecule has 1 heterocycles. The Balaban J connectivity index is 2.02. The van der Waals surface area contributed by atoms with E-state index >= 15 is 0 Å². The maximum atomic E-state index is 5.47. The van der Waals surface area contributed by atoms with E-state index in [0.717, 1.165) is 12.2 Å². The summed E-state index contributed by atoms with van der Waals surface area (Å²) >= 11 is 1.98. The molecule has 1 saturated carbocycles. The van der Waals surface area contributed by atoms with Crippen molar-refractivity contribution in [2.45, 2.75) is 50.7 Å². The maximum Gasteiger partial charge on any atom is 0.226 e. The summed E-state index contributed by atoms with van der Waals surface area (Å²) < 4.78 is 5.82. The van der Waals surface area contributed by atoms with E-state index in [0.29, 0.717) is 23.2 Å². The number of anilines is 1. The fourth-order valence-corrected chi connectivity index (χ4v) is 3.64. The Morgan fingerprint density at radius 2 is 2.05 bits per heavy atom. The standard InChI is InChI=1S/C15H25N3OS/c1-4-19-13-10-12(2)17-14(18-13)16-11-15(20-3)8-6-5-7-9-15/h10H,4-9,11H2,1-3H3,(H,16,17,18). The molecular formula is C15H25N3OS. The van der Waals surface area contributed by atoms with Crippen LogP contribution in [0.5, 0.6) is 5.88 Å². The van der Waals surface area contributed by atoms with E-state index in [1.54, 1.807) is 0 Å². The first-order chi connectivity index (χ1) is 9.67. The highest BCUT2D eigenvalue weighted by atomic mass is 32.2.